The van der Waals surface area contributed by atoms with Crippen molar-refractivity contribution in [3.8, 4) is 5.75 Å². The van der Waals surface area contributed by atoms with Gasteiger partial charge >= 0.3 is 0 Å². The number of hydrogen-bond acceptors (Lipinski definition) is 3. The van der Waals surface area contributed by atoms with Crippen LogP contribution in [0.2, 0.25) is 5.02 Å². The molecule has 1 fully saturated rings. The lowest BCUT2D eigenvalue weighted by Gasteiger charge is -2.34. The van der Waals surface area contributed by atoms with E-state index < -0.39 is 0 Å². The van der Waals surface area contributed by atoms with Crippen molar-refractivity contribution >= 4 is 17.5 Å². The van der Waals surface area contributed by atoms with Crippen LogP contribution in [0.5, 0.6) is 5.75 Å². The molecule has 0 heterocycles. The van der Waals surface area contributed by atoms with Crippen molar-refractivity contribution in [3.05, 3.63) is 28.8 Å². The third-order valence-corrected chi connectivity index (χ3v) is 4.37. The zero-order valence-corrected chi connectivity index (χ0v) is 12.3. The van der Waals surface area contributed by atoms with Crippen LogP contribution in [0.3, 0.4) is 0 Å². The van der Waals surface area contributed by atoms with E-state index in [0.29, 0.717) is 10.9 Å². The molecule has 110 valence electrons. The Morgan fingerprint density at radius 2 is 2.00 bits per heavy atom. The van der Waals surface area contributed by atoms with Gasteiger partial charge in [0.1, 0.15) is 5.75 Å². The van der Waals surface area contributed by atoms with E-state index in [9.17, 15) is 9.90 Å². The van der Waals surface area contributed by atoms with Crippen LogP contribution in [0.1, 0.15) is 36.0 Å². The Hall–Kier alpha value is -1.26. The molecule has 1 amide bonds. The number of amides is 1. The first-order valence-electron chi connectivity index (χ1n) is 6.89. The molecule has 1 aliphatic rings. The first-order chi connectivity index (χ1) is 9.52. The molecule has 20 heavy (non-hydrogen) atoms. The minimum Gasteiger partial charge on any atom is -0.507 e. The second-order valence-electron chi connectivity index (χ2n) is 5.43. The molecular weight excluding hydrogens is 278 g/mol. The first-order valence-corrected chi connectivity index (χ1v) is 7.27. The fraction of sp³-hybridized carbons (Fsp3) is 0.533. The van der Waals surface area contributed by atoms with Gasteiger partial charge in [-0.2, -0.15) is 0 Å². The Labute approximate surface area is 124 Å². The van der Waals surface area contributed by atoms with Crippen molar-refractivity contribution in [2.75, 3.05) is 13.7 Å². The number of carbonyl (C=O) groups excluding carboxylic acids is 1. The highest BCUT2D eigenvalue weighted by Gasteiger charge is 2.27. The zero-order chi connectivity index (χ0) is 14.7. The normalized spacial score (nSPS) is 22.6. The number of benzene rings is 1. The summed E-state index contributed by atoms with van der Waals surface area (Å²) in [5, 5.41) is 19.4. The van der Waals surface area contributed by atoms with Crippen LogP contribution in [0.15, 0.2) is 18.2 Å². The van der Waals surface area contributed by atoms with Gasteiger partial charge in [-0.1, -0.05) is 11.6 Å². The van der Waals surface area contributed by atoms with Gasteiger partial charge in [-0.05, 0) is 49.8 Å². The van der Waals surface area contributed by atoms with E-state index in [0.717, 1.165) is 25.7 Å². The third-order valence-electron chi connectivity index (χ3n) is 4.13. The second kappa shape index (κ2) is 6.46. The molecule has 0 atom stereocenters. The summed E-state index contributed by atoms with van der Waals surface area (Å²) in [6, 6.07) is 4.70. The van der Waals surface area contributed by atoms with Gasteiger partial charge in [0.15, 0.2) is 0 Å². The minimum atomic E-state index is -0.188. The van der Waals surface area contributed by atoms with Crippen molar-refractivity contribution in [1.82, 2.24) is 4.90 Å². The SMILES string of the molecule is CN(C(=O)c1ccc(Cl)cc1O)C1CCC(CO)CC1. The molecule has 0 spiro atoms. The molecule has 0 aliphatic heterocycles. The highest BCUT2D eigenvalue weighted by Crippen LogP contribution is 2.29. The average Bonchev–Trinajstić information content (AvgIpc) is 2.46. The molecule has 5 heteroatoms. The Morgan fingerprint density at radius 3 is 2.55 bits per heavy atom. The fourth-order valence-electron chi connectivity index (χ4n) is 2.76. The molecule has 0 bridgehead atoms. The lowest BCUT2D eigenvalue weighted by molar-refractivity contribution is 0.0650. The number of aliphatic hydroxyl groups is 1. The Kier molecular flexibility index (Phi) is 4.89. The summed E-state index contributed by atoms with van der Waals surface area (Å²) in [4.78, 5) is 14.1. The highest BCUT2D eigenvalue weighted by atomic mass is 35.5. The maximum atomic E-state index is 12.4. The maximum absolute atomic E-state index is 12.4. The average molecular weight is 298 g/mol. The van der Waals surface area contributed by atoms with Gasteiger partial charge in [-0.3, -0.25) is 4.79 Å². The summed E-state index contributed by atoms with van der Waals surface area (Å²) in [6.07, 6.45) is 3.65. The predicted molar refractivity (Wildman–Crippen MR) is 78.0 cm³/mol. The largest absolute Gasteiger partial charge is 0.507 e. The molecule has 0 aromatic heterocycles. The van der Waals surface area contributed by atoms with Gasteiger partial charge in [0.05, 0.1) is 5.56 Å². The van der Waals surface area contributed by atoms with Crippen LogP contribution >= 0.6 is 11.6 Å². The Balaban J connectivity index is 2.05. The molecule has 0 unspecified atom stereocenters. The number of nitrogens with zero attached hydrogens (tertiary/aromatic N) is 1. The van der Waals surface area contributed by atoms with Crippen LogP contribution in [-0.2, 0) is 0 Å². The molecule has 1 saturated carbocycles. The van der Waals surface area contributed by atoms with Crippen molar-refractivity contribution < 1.29 is 15.0 Å². The number of halogens is 1. The van der Waals surface area contributed by atoms with E-state index in [1.165, 1.54) is 6.07 Å². The number of aromatic hydroxyl groups is 1. The van der Waals surface area contributed by atoms with E-state index in [1.807, 2.05) is 0 Å². The zero-order valence-electron chi connectivity index (χ0n) is 11.6. The lowest BCUT2D eigenvalue weighted by atomic mass is 9.86. The summed E-state index contributed by atoms with van der Waals surface area (Å²) in [5.41, 5.74) is 0.279. The predicted octanol–water partition coefficient (Wildman–Crippen LogP) is 2.67. The molecule has 2 rings (SSSR count). The van der Waals surface area contributed by atoms with Gasteiger partial charge in [0, 0.05) is 24.7 Å². The molecule has 1 aromatic carbocycles. The van der Waals surface area contributed by atoms with E-state index in [1.54, 1.807) is 24.1 Å². The van der Waals surface area contributed by atoms with Gasteiger partial charge in [-0.15, -0.1) is 0 Å². The molecule has 0 saturated heterocycles. The minimum absolute atomic E-state index is 0.0848. The summed E-state index contributed by atoms with van der Waals surface area (Å²) >= 11 is 5.77. The number of phenols is 1. The number of rotatable bonds is 3. The number of aliphatic hydroxyl groups excluding tert-OH is 1. The van der Waals surface area contributed by atoms with Gasteiger partial charge in [-0.25, -0.2) is 0 Å². The van der Waals surface area contributed by atoms with Gasteiger partial charge in [0.25, 0.3) is 5.91 Å². The molecule has 1 aromatic rings. The van der Waals surface area contributed by atoms with Gasteiger partial charge < -0.3 is 15.1 Å². The molecule has 4 nitrogen and oxygen atoms in total. The molecule has 2 N–H and O–H groups in total. The van der Waals surface area contributed by atoms with Crippen LogP contribution in [0.4, 0.5) is 0 Å². The van der Waals surface area contributed by atoms with Crippen LogP contribution in [-0.4, -0.2) is 40.7 Å². The quantitative estimate of drug-likeness (QED) is 0.902. The number of phenolic OH excluding ortho intramolecular Hbond substituents is 1. The summed E-state index contributed by atoms with van der Waals surface area (Å²) < 4.78 is 0. The maximum Gasteiger partial charge on any atom is 0.257 e. The number of hydrogen-bond donors (Lipinski definition) is 2. The van der Waals surface area contributed by atoms with Gasteiger partial charge in [0.2, 0.25) is 0 Å². The van der Waals surface area contributed by atoms with Crippen molar-refractivity contribution in [1.29, 1.82) is 0 Å². The van der Waals surface area contributed by atoms with Crippen LogP contribution in [0, 0.1) is 5.92 Å². The van der Waals surface area contributed by atoms with Crippen LogP contribution in [0.25, 0.3) is 0 Å². The second-order valence-corrected chi connectivity index (χ2v) is 5.87. The fourth-order valence-corrected chi connectivity index (χ4v) is 2.92. The van der Waals surface area contributed by atoms with E-state index >= 15 is 0 Å². The summed E-state index contributed by atoms with van der Waals surface area (Å²) in [5.74, 6) is 0.0868. The van der Waals surface area contributed by atoms with E-state index in [2.05, 4.69) is 0 Å². The smallest absolute Gasteiger partial charge is 0.257 e. The van der Waals surface area contributed by atoms with Crippen molar-refractivity contribution in [2.24, 2.45) is 5.92 Å². The lowest BCUT2D eigenvalue weighted by Crippen LogP contribution is -2.39. The third kappa shape index (κ3) is 3.25. The van der Waals surface area contributed by atoms with E-state index in [-0.39, 0.29) is 29.9 Å². The van der Waals surface area contributed by atoms with E-state index in [4.69, 9.17) is 16.7 Å². The topological polar surface area (TPSA) is 60.8 Å². The molecular formula is C15H20ClNO3. The van der Waals surface area contributed by atoms with Crippen LogP contribution < -0.4 is 0 Å². The molecule has 0 radical (unpaired) electrons. The highest BCUT2D eigenvalue weighted by molar-refractivity contribution is 6.30. The van der Waals surface area contributed by atoms with Crippen molar-refractivity contribution in [3.63, 3.8) is 0 Å². The summed E-state index contributed by atoms with van der Waals surface area (Å²) in [7, 11) is 1.76. The molecule has 1 aliphatic carbocycles. The first kappa shape index (κ1) is 15.1. The Bertz CT molecular complexity index is 484. The number of carbonyl (C=O) groups is 1. The van der Waals surface area contributed by atoms with Crippen molar-refractivity contribution in [2.45, 2.75) is 31.7 Å². The standard InChI is InChI=1S/C15H20ClNO3/c1-17(12-5-2-10(9-18)3-6-12)15(20)13-7-4-11(16)8-14(13)19/h4,7-8,10,12,18-19H,2-3,5-6,9H2,1H3. The summed E-state index contributed by atoms with van der Waals surface area (Å²) in [6.45, 7) is 0.225. The monoisotopic (exact) mass is 297 g/mol. The Morgan fingerprint density at radius 1 is 1.35 bits per heavy atom.